The first kappa shape index (κ1) is 28.5. The number of hydrogen-bond donors (Lipinski definition) is 2. The SMILES string of the molecule is CC(=O)OCC1O[C@H](Sc2ccc(Cl)c(Cl)c2)C(OC(C)=O)C(N2C=C(c3ccsc3)NN2)[C@H]1OC(C)=O. The number of hydrazine groups is 2. The lowest BCUT2D eigenvalue weighted by Gasteiger charge is -2.47. The smallest absolute Gasteiger partial charge is 0.303 e. The molecule has 0 saturated carbocycles. The van der Waals surface area contributed by atoms with Crippen molar-refractivity contribution in [3.8, 4) is 0 Å². The number of halogens is 2. The predicted octanol–water partition coefficient (Wildman–Crippen LogP) is 3.99. The lowest BCUT2D eigenvalue weighted by Crippen LogP contribution is -2.67. The maximum Gasteiger partial charge on any atom is 0.303 e. The molecule has 14 heteroatoms. The van der Waals surface area contributed by atoms with E-state index in [1.54, 1.807) is 29.4 Å². The third kappa shape index (κ3) is 6.93. The van der Waals surface area contributed by atoms with Crippen molar-refractivity contribution in [2.45, 2.75) is 55.5 Å². The van der Waals surface area contributed by atoms with Crippen LogP contribution in [-0.4, -0.2) is 59.3 Å². The lowest BCUT2D eigenvalue weighted by atomic mass is 9.96. The molecule has 1 fully saturated rings. The maximum atomic E-state index is 12.3. The van der Waals surface area contributed by atoms with Crippen LogP contribution in [0, 0.1) is 0 Å². The van der Waals surface area contributed by atoms with Crippen LogP contribution in [0.1, 0.15) is 26.3 Å². The third-order valence-corrected chi connectivity index (χ3v) is 8.12. The molecule has 0 radical (unpaired) electrons. The summed E-state index contributed by atoms with van der Waals surface area (Å²) in [5.74, 6) is -1.66. The summed E-state index contributed by atoms with van der Waals surface area (Å²) in [6, 6.07) is 6.22. The Balaban J connectivity index is 1.75. The Morgan fingerprint density at radius 1 is 1.05 bits per heavy atom. The first-order chi connectivity index (χ1) is 18.1. The van der Waals surface area contributed by atoms with Crippen LogP contribution in [0.3, 0.4) is 0 Å². The normalized spacial score (nSPS) is 24.8. The number of benzene rings is 1. The Morgan fingerprint density at radius 2 is 1.79 bits per heavy atom. The molecule has 0 amide bonds. The van der Waals surface area contributed by atoms with Crippen molar-refractivity contribution < 1.29 is 33.3 Å². The molecule has 2 N–H and O–H groups in total. The Labute approximate surface area is 237 Å². The van der Waals surface area contributed by atoms with E-state index in [1.165, 1.54) is 43.9 Å². The van der Waals surface area contributed by atoms with E-state index in [1.807, 2.05) is 16.8 Å². The number of hydrogen-bond acceptors (Lipinski definition) is 12. The second kappa shape index (κ2) is 12.6. The molecule has 204 valence electrons. The number of thioether (sulfide) groups is 1. The molecule has 0 spiro atoms. The minimum atomic E-state index is -0.991. The van der Waals surface area contributed by atoms with Crippen molar-refractivity contribution in [1.82, 2.24) is 16.0 Å². The van der Waals surface area contributed by atoms with Crippen LogP contribution in [0.5, 0.6) is 0 Å². The Bertz CT molecular complexity index is 1210. The van der Waals surface area contributed by atoms with Gasteiger partial charge in [0.05, 0.1) is 15.7 Å². The minimum Gasteiger partial charge on any atom is -0.463 e. The zero-order valence-corrected chi connectivity index (χ0v) is 23.7. The Kier molecular flexibility index (Phi) is 9.45. The van der Waals surface area contributed by atoms with Crippen LogP contribution < -0.4 is 11.0 Å². The van der Waals surface area contributed by atoms with Crippen LogP contribution >= 0.6 is 46.3 Å². The highest BCUT2D eigenvalue weighted by atomic mass is 35.5. The second-order valence-corrected chi connectivity index (χ2v) is 11.1. The van der Waals surface area contributed by atoms with Crippen molar-refractivity contribution in [1.29, 1.82) is 0 Å². The average molecular weight is 603 g/mol. The van der Waals surface area contributed by atoms with Crippen LogP contribution in [-0.2, 0) is 33.3 Å². The van der Waals surface area contributed by atoms with Gasteiger partial charge in [-0.25, -0.2) is 0 Å². The molecule has 1 saturated heterocycles. The highest BCUT2D eigenvalue weighted by molar-refractivity contribution is 7.99. The number of thiophene rings is 1. The fraction of sp³-hybridized carbons (Fsp3) is 0.375. The van der Waals surface area contributed by atoms with E-state index in [0.717, 1.165) is 11.3 Å². The summed E-state index contributed by atoms with van der Waals surface area (Å²) >= 11 is 15.1. The van der Waals surface area contributed by atoms with Gasteiger partial charge in [-0.2, -0.15) is 11.3 Å². The molecule has 1 aromatic heterocycles. The van der Waals surface area contributed by atoms with Gasteiger partial charge in [0, 0.05) is 42.8 Å². The minimum absolute atomic E-state index is 0.197. The number of nitrogens with zero attached hydrogens (tertiary/aromatic N) is 1. The molecule has 2 aromatic rings. The Hall–Kier alpha value is -2.48. The molecule has 38 heavy (non-hydrogen) atoms. The summed E-state index contributed by atoms with van der Waals surface area (Å²) in [4.78, 5) is 36.8. The van der Waals surface area contributed by atoms with E-state index in [2.05, 4.69) is 11.0 Å². The molecule has 3 unspecified atom stereocenters. The maximum absolute atomic E-state index is 12.3. The van der Waals surface area contributed by atoms with Gasteiger partial charge >= 0.3 is 17.9 Å². The average Bonchev–Trinajstić information content (AvgIpc) is 3.54. The Morgan fingerprint density at radius 3 is 2.42 bits per heavy atom. The number of carbonyl (C=O) groups is 3. The number of rotatable bonds is 8. The fourth-order valence-corrected chi connectivity index (χ4v) is 6.20. The quantitative estimate of drug-likeness (QED) is 0.338. The van der Waals surface area contributed by atoms with E-state index in [9.17, 15) is 14.4 Å². The highest BCUT2D eigenvalue weighted by Gasteiger charge is 2.53. The zero-order valence-electron chi connectivity index (χ0n) is 20.5. The molecule has 2 aliphatic rings. The zero-order chi connectivity index (χ0) is 27.4. The van der Waals surface area contributed by atoms with Gasteiger partial charge in [-0.05, 0) is 29.6 Å². The van der Waals surface area contributed by atoms with Gasteiger partial charge in [0.2, 0.25) is 0 Å². The first-order valence-corrected chi connectivity index (χ1v) is 14.0. The van der Waals surface area contributed by atoms with Gasteiger partial charge in [-0.3, -0.25) is 19.4 Å². The topological polar surface area (TPSA) is 115 Å². The number of carbonyl (C=O) groups excluding carboxylic acids is 3. The van der Waals surface area contributed by atoms with Crippen molar-refractivity contribution in [3.63, 3.8) is 0 Å². The number of nitrogens with one attached hydrogen (secondary N) is 2. The van der Waals surface area contributed by atoms with Gasteiger partial charge in [0.1, 0.15) is 24.2 Å². The molecule has 4 rings (SSSR count). The van der Waals surface area contributed by atoms with Crippen LogP contribution in [0.25, 0.3) is 5.70 Å². The van der Waals surface area contributed by atoms with Gasteiger partial charge in [0.15, 0.2) is 12.2 Å². The van der Waals surface area contributed by atoms with E-state index >= 15 is 0 Å². The first-order valence-electron chi connectivity index (χ1n) is 11.4. The molecule has 1 aromatic carbocycles. The van der Waals surface area contributed by atoms with E-state index < -0.39 is 47.7 Å². The number of esters is 3. The van der Waals surface area contributed by atoms with Crippen LogP contribution in [0.4, 0.5) is 0 Å². The van der Waals surface area contributed by atoms with Crippen molar-refractivity contribution in [3.05, 3.63) is 56.8 Å². The van der Waals surface area contributed by atoms with Gasteiger partial charge in [0.25, 0.3) is 0 Å². The molecule has 10 nitrogen and oxygen atoms in total. The molecule has 5 atom stereocenters. The fourth-order valence-electron chi connectivity index (χ4n) is 4.03. The predicted molar refractivity (Wildman–Crippen MR) is 143 cm³/mol. The largest absolute Gasteiger partial charge is 0.463 e. The summed E-state index contributed by atoms with van der Waals surface area (Å²) in [5, 5.41) is 6.30. The number of ether oxygens (including phenoxy) is 4. The summed E-state index contributed by atoms with van der Waals surface area (Å²) in [6.45, 7) is 3.62. The van der Waals surface area contributed by atoms with Gasteiger partial charge < -0.3 is 24.4 Å². The van der Waals surface area contributed by atoms with E-state index in [0.29, 0.717) is 14.9 Å². The van der Waals surface area contributed by atoms with Crippen LogP contribution in [0.2, 0.25) is 10.0 Å². The molecule has 0 bridgehead atoms. The monoisotopic (exact) mass is 601 g/mol. The summed E-state index contributed by atoms with van der Waals surface area (Å²) < 4.78 is 23.0. The third-order valence-electron chi connectivity index (χ3n) is 5.56. The molecule has 2 aliphatic heterocycles. The summed E-state index contributed by atoms with van der Waals surface area (Å²) in [6.07, 6.45) is -1.04. The van der Waals surface area contributed by atoms with Crippen molar-refractivity contribution in [2.75, 3.05) is 6.61 Å². The molecule has 3 heterocycles. The lowest BCUT2D eigenvalue weighted by molar-refractivity contribution is -0.218. The van der Waals surface area contributed by atoms with E-state index in [4.69, 9.17) is 42.1 Å². The van der Waals surface area contributed by atoms with E-state index in [-0.39, 0.29) is 6.61 Å². The van der Waals surface area contributed by atoms with Gasteiger partial charge in [-0.15, -0.1) is 5.53 Å². The standard InChI is InChI=1S/C24H25Cl2N3O7S2/c1-12(30)33-10-20-22(34-13(2)31)21(29-9-19(27-28-29)15-6-7-37-11-15)23(35-14(3)32)24(36-20)38-16-4-5-17(25)18(26)8-16/h4-9,11,20-24,27-28H,10H2,1-3H3/t20?,21?,22-,23?,24+/m0/s1. The van der Waals surface area contributed by atoms with Crippen LogP contribution in [0.15, 0.2) is 46.1 Å². The summed E-state index contributed by atoms with van der Waals surface area (Å²) in [5.41, 5.74) is 7.03. The highest BCUT2D eigenvalue weighted by Crippen LogP contribution is 2.40. The molecule has 0 aliphatic carbocycles. The summed E-state index contributed by atoms with van der Waals surface area (Å²) in [7, 11) is 0. The molecular weight excluding hydrogens is 577 g/mol. The van der Waals surface area contributed by atoms with Crippen molar-refractivity contribution >= 4 is 69.9 Å². The van der Waals surface area contributed by atoms with Gasteiger partial charge in [-0.1, -0.05) is 35.0 Å². The second-order valence-electron chi connectivity index (χ2n) is 8.38. The van der Waals surface area contributed by atoms with Crippen molar-refractivity contribution in [2.24, 2.45) is 0 Å². The molecular formula is C24H25Cl2N3O7S2.